The molecule has 4 heteroatoms. The van der Waals surface area contributed by atoms with Gasteiger partial charge in [0.1, 0.15) is 0 Å². The van der Waals surface area contributed by atoms with E-state index < -0.39 is 5.97 Å². The molecule has 1 amide bonds. The Bertz CT molecular complexity index is 254. The van der Waals surface area contributed by atoms with Crippen LogP contribution in [-0.4, -0.2) is 17.0 Å². The number of hydrogen-bond acceptors (Lipinski definition) is 2. The molecule has 0 radical (unpaired) electrons. The topological polar surface area (TPSA) is 80.4 Å². The van der Waals surface area contributed by atoms with Crippen molar-refractivity contribution in [1.29, 1.82) is 0 Å². The fraction of sp³-hybridized carbons (Fsp3) is 0.867. The van der Waals surface area contributed by atoms with Crippen molar-refractivity contribution < 1.29 is 14.7 Å². The zero-order chi connectivity index (χ0) is 14.5. The zero-order valence-electron chi connectivity index (χ0n) is 12.2. The largest absolute Gasteiger partial charge is 0.481 e. The van der Waals surface area contributed by atoms with Gasteiger partial charge in [-0.3, -0.25) is 9.59 Å². The number of aliphatic carboxylic acids is 1. The average molecular weight is 271 g/mol. The first-order valence-electron chi connectivity index (χ1n) is 7.59. The van der Waals surface area contributed by atoms with Crippen LogP contribution < -0.4 is 5.73 Å². The molecule has 0 aromatic carbocycles. The van der Waals surface area contributed by atoms with Crippen LogP contribution in [0.5, 0.6) is 0 Å². The van der Waals surface area contributed by atoms with Gasteiger partial charge in [0.15, 0.2) is 0 Å². The van der Waals surface area contributed by atoms with Crippen LogP contribution in [0.25, 0.3) is 0 Å². The van der Waals surface area contributed by atoms with Gasteiger partial charge in [0.05, 0.1) is 5.92 Å². The maximum absolute atomic E-state index is 11.1. The van der Waals surface area contributed by atoms with Crippen molar-refractivity contribution in [2.75, 3.05) is 0 Å². The van der Waals surface area contributed by atoms with Crippen molar-refractivity contribution in [3.8, 4) is 0 Å². The van der Waals surface area contributed by atoms with Gasteiger partial charge in [-0.05, 0) is 19.3 Å². The number of hydrogen-bond donors (Lipinski definition) is 2. The summed E-state index contributed by atoms with van der Waals surface area (Å²) in [6, 6.07) is 0. The molecule has 4 nitrogen and oxygen atoms in total. The number of carboxylic acids is 1. The lowest BCUT2D eigenvalue weighted by molar-refractivity contribution is -0.142. The normalized spacial score (nSPS) is 12.3. The minimum absolute atomic E-state index is 0.213. The third kappa shape index (κ3) is 11.7. The molecule has 19 heavy (non-hydrogen) atoms. The van der Waals surface area contributed by atoms with Crippen molar-refractivity contribution >= 4 is 11.9 Å². The Kier molecular flexibility index (Phi) is 11.3. The summed E-state index contributed by atoms with van der Waals surface area (Å²) in [5.74, 6) is -1.16. The van der Waals surface area contributed by atoms with E-state index in [1.807, 2.05) is 0 Å². The molecule has 0 saturated heterocycles. The van der Waals surface area contributed by atoms with E-state index in [1.165, 1.54) is 19.3 Å². The Hall–Kier alpha value is -1.06. The molecule has 0 fully saturated rings. The Labute approximate surface area is 116 Å². The molecule has 0 bridgehead atoms. The summed E-state index contributed by atoms with van der Waals surface area (Å²) >= 11 is 0. The van der Waals surface area contributed by atoms with Gasteiger partial charge < -0.3 is 10.8 Å². The molecule has 0 spiro atoms. The second-order valence-electron chi connectivity index (χ2n) is 5.30. The fourth-order valence-corrected chi connectivity index (χ4v) is 2.25. The molecule has 0 aromatic rings. The van der Waals surface area contributed by atoms with E-state index in [0.717, 1.165) is 44.9 Å². The second kappa shape index (κ2) is 12.0. The Morgan fingerprint density at radius 2 is 1.47 bits per heavy atom. The number of carbonyl (C=O) groups excluding carboxylic acids is 1. The lowest BCUT2D eigenvalue weighted by atomic mass is 9.94. The van der Waals surface area contributed by atoms with E-state index >= 15 is 0 Å². The van der Waals surface area contributed by atoms with Gasteiger partial charge in [-0.25, -0.2) is 0 Å². The highest BCUT2D eigenvalue weighted by Crippen LogP contribution is 2.18. The van der Waals surface area contributed by atoms with Gasteiger partial charge >= 0.3 is 5.97 Å². The number of carboxylic acid groups (broad SMARTS) is 1. The highest BCUT2D eigenvalue weighted by molar-refractivity contribution is 5.73. The Morgan fingerprint density at radius 1 is 0.947 bits per heavy atom. The summed E-state index contributed by atoms with van der Waals surface area (Å²) in [5.41, 5.74) is 5.06. The molecule has 0 aliphatic heterocycles. The molecule has 0 heterocycles. The van der Waals surface area contributed by atoms with Crippen LogP contribution in [0.15, 0.2) is 0 Å². The first kappa shape index (κ1) is 17.9. The summed E-state index contributed by atoms with van der Waals surface area (Å²) in [5, 5.41) is 9.15. The number of rotatable bonds is 13. The van der Waals surface area contributed by atoms with Crippen molar-refractivity contribution in [2.45, 2.75) is 77.6 Å². The van der Waals surface area contributed by atoms with Crippen molar-refractivity contribution in [2.24, 2.45) is 11.7 Å². The summed E-state index contributed by atoms with van der Waals surface area (Å²) in [4.78, 5) is 21.7. The first-order chi connectivity index (χ1) is 9.07. The van der Waals surface area contributed by atoms with E-state index in [9.17, 15) is 9.59 Å². The molecular weight excluding hydrogens is 242 g/mol. The summed E-state index contributed by atoms with van der Waals surface area (Å²) < 4.78 is 0. The summed E-state index contributed by atoms with van der Waals surface area (Å²) in [6.45, 7) is 2.17. The van der Waals surface area contributed by atoms with E-state index in [2.05, 4.69) is 6.92 Å². The standard InChI is InChI=1S/C15H29NO3/c1-2-3-4-5-7-10-13(15(18)19)11-8-6-9-12-14(16)17/h13H,2-12H2,1H3,(H2,16,17)(H,18,19). The Morgan fingerprint density at radius 3 is 1.95 bits per heavy atom. The number of primary amides is 1. The van der Waals surface area contributed by atoms with Gasteiger partial charge in [-0.1, -0.05) is 51.9 Å². The van der Waals surface area contributed by atoms with Gasteiger partial charge in [0.2, 0.25) is 5.91 Å². The second-order valence-corrected chi connectivity index (χ2v) is 5.30. The maximum atomic E-state index is 11.1. The predicted octanol–water partition coefficient (Wildman–Crippen LogP) is 3.48. The van der Waals surface area contributed by atoms with Gasteiger partial charge in [0, 0.05) is 6.42 Å². The van der Waals surface area contributed by atoms with E-state index in [4.69, 9.17) is 10.8 Å². The molecular formula is C15H29NO3. The monoisotopic (exact) mass is 271 g/mol. The minimum atomic E-state index is -0.676. The molecule has 1 atom stereocenters. The molecule has 0 saturated carbocycles. The molecule has 1 unspecified atom stereocenters. The van der Waals surface area contributed by atoms with Crippen LogP contribution in [0.4, 0.5) is 0 Å². The third-order valence-corrected chi connectivity index (χ3v) is 3.48. The lowest BCUT2D eigenvalue weighted by Gasteiger charge is -2.11. The van der Waals surface area contributed by atoms with Gasteiger partial charge in [0.25, 0.3) is 0 Å². The maximum Gasteiger partial charge on any atom is 0.306 e. The van der Waals surface area contributed by atoms with E-state index in [0.29, 0.717) is 6.42 Å². The minimum Gasteiger partial charge on any atom is -0.481 e. The highest BCUT2D eigenvalue weighted by atomic mass is 16.4. The van der Waals surface area contributed by atoms with E-state index in [-0.39, 0.29) is 11.8 Å². The summed E-state index contributed by atoms with van der Waals surface area (Å²) in [6.07, 6.45) is 10.3. The predicted molar refractivity (Wildman–Crippen MR) is 76.8 cm³/mol. The van der Waals surface area contributed by atoms with Crippen LogP contribution in [0.3, 0.4) is 0 Å². The third-order valence-electron chi connectivity index (χ3n) is 3.48. The molecule has 112 valence electrons. The van der Waals surface area contributed by atoms with E-state index in [1.54, 1.807) is 0 Å². The molecule has 3 N–H and O–H groups in total. The number of unbranched alkanes of at least 4 members (excludes halogenated alkanes) is 6. The zero-order valence-corrected chi connectivity index (χ0v) is 12.2. The van der Waals surface area contributed by atoms with Crippen LogP contribution >= 0.6 is 0 Å². The van der Waals surface area contributed by atoms with Gasteiger partial charge in [-0.15, -0.1) is 0 Å². The number of amides is 1. The van der Waals surface area contributed by atoms with Gasteiger partial charge in [-0.2, -0.15) is 0 Å². The summed E-state index contributed by atoms with van der Waals surface area (Å²) in [7, 11) is 0. The molecule has 0 aliphatic carbocycles. The highest BCUT2D eigenvalue weighted by Gasteiger charge is 2.16. The Balaban J connectivity index is 3.62. The van der Waals surface area contributed by atoms with Crippen LogP contribution in [0.2, 0.25) is 0 Å². The van der Waals surface area contributed by atoms with Crippen molar-refractivity contribution in [1.82, 2.24) is 0 Å². The SMILES string of the molecule is CCCCCCCC(CCCCCC(N)=O)C(=O)O. The first-order valence-corrected chi connectivity index (χ1v) is 7.59. The van der Waals surface area contributed by atoms with Crippen LogP contribution in [-0.2, 0) is 9.59 Å². The number of carbonyl (C=O) groups is 2. The fourth-order valence-electron chi connectivity index (χ4n) is 2.25. The van der Waals surface area contributed by atoms with Crippen molar-refractivity contribution in [3.63, 3.8) is 0 Å². The molecule has 0 aromatic heterocycles. The average Bonchev–Trinajstić information content (AvgIpc) is 2.35. The quantitative estimate of drug-likeness (QED) is 0.503. The smallest absolute Gasteiger partial charge is 0.306 e. The molecule has 0 aliphatic rings. The van der Waals surface area contributed by atoms with Crippen LogP contribution in [0, 0.1) is 5.92 Å². The molecule has 0 rings (SSSR count). The number of nitrogens with two attached hydrogens (primary N) is 1. The van der Waals surface area contributed by atoms with Crippen molar-refractivity contribution in [3.05, 3.63) is 0 Å². The lowest BCUT2D eigenvalue weighted by Crippen LogP contribution is -2.14. The van der Waals surface area contributed by atoms with Crippen LogP contribution in [0.1, 0.15) is 77.6 Å².